The quantitative estimate of drug-likeness (QED) is 0.732. The van der Waals surface area contributed by atoms with Crippen LogP contribution in [-0.2, 0) is 4.74 Å². The van der Waals surface area contributed by atoms with Gasteiger partial charge in [-0.2, -0.15) is 0 Å². The summed E-state index contributed by atoms with van der Waals surface area (Å²) < 4.78 is 4.89. The predicted molar refractivity (Wildman–Crippen MR) is 55.1 cm³/mol. The number of rotatable bonds is 2. The topological polar surface area (TPSA) is 66.8 Å². The summed E-state index contributed by atoms with van der Waals surface area (Å²) in [6.45, 7) is 5.03. The number of esters is 1. The Bertz CT molecular complexity index is 382. The first-order valence-electron chi connectivity index (χ1n) is 4.66. The zero-order valence-electron chi connectivity index (χ0n) is 8.94. The smallest absolute Gasteiger partial charge is 0.346 e. The Morgan fingerprint density at radius 3 is 2.47 bits per heavy atom. The number of aryl methyl sites for hydroxylation is 1. The molecule has 0 spiro atoms. The number of phenolic OH excluding ortho intramolecular Hbond substituents is 2. The summed E-state index contributed by atoms with van der Waals surface area (Å²) in [5, 5.41) is 19.0. The predicted octanol–water partition coefficient (Wildman–Crippen LogP) is 1.97. The molecule has 0 aliphatic heterocycles. The fourth-order valence-corrected chi connectivity index (χ4v) is 1.16. The van der Waals surface area contributed by atoms with E-state index in [1.165, 1.54) is 12.1 Å². The van der Waals surface area contributed by atoms with Gasteiger partial charge in [0.15, 0.2) is 0 Å². The van der Waals surface area contributed by atoms with Gasteiger partial charge in [-0.1, -0.05) is 6.07 Å². The normalized spacial score (nSPS) is 10.4. The molecule has 0 atom stereocenters. The Labute approximate surface area is 88.1 Å². The highest BCUT2D eigenvalue weighted by atomic mass is 16.5. The number of ether oxygens (including phenoxy) is 1. The number of hydrogen-bond acceptors (Lipinski definition) is 4. The highest BCUT2D eigenvalue weighted by Gasteiger charge is 2.20. The number of carbonyl (C=O) groups is 1. The summed E-state index contributed by atoms with van der Waals surface area (Å²) in [4.78, 5) is 11.5. The SMILES string of the molecule is Cc1ccc(O)c(C(=O)OC(C)C)c1O. The molecule has 1 aromatic carbocycles. The minimum absolute atomic E-state index is 0.177. The molecule has 1 aromatic rings. The largest absolute Gasteiger partial charge is 0.507 e. The second kappa shape index (κ2) is 4.21. The van der Waals surface area contributed by atoms with Gasteiger partial charge in [0.1, 0.15) is 17.1 Å². The Balaban J connectivity index is 3.13. The summed E-state index contributed by atoms with van der Waals surface area (Å²) in [6, 6.07) is 2.88. The molecule has 2 N–H and O–H groups in total. The van der Waals surface area contributed by atoms with Crippen LogP contribution < -0.4 is 0 Å². The van der Waals surface area contributed by atoms with Gasteiger partial charge in [-0.25, -0.2) is 4.79 Å². The van der Waals surface area contributed by atoms with Crippen LogP contribution in [0.1, 0.15) is 29.8 Å². The molecule has 0 aliphatic rings. The zero-order chi connectivity index (χ0) is 11.6. The van der Waals surface area contributed by atoms with Gasteiger partial charge in [0, 0.05) is 0 Å². The van der Waals surface area contributed by atoms with Crippen molar-refractivity contribution in [2.75, 3.05) is 0 Å². The molecule has 0 bridgehead atoms. The van der Waals surface area contributed by atoms with E-state index in [0.29, 0.717) is 5.56 Å². The van der Waals surface area contributed by atoms with Gasteiger partial charge in [0.2, 0.25) is 0 Å². The van der Waals surface area contributed by atoms with E-state index in [1.54, 1.807) is 20.8 Å². The Hall–Kier alpha value is -1.71. The van der Waals surface area contributed by atoms with E-state index >= 15 is 0 Å². The lowest BCUT2D eigenvalue weighted by Gasteiger charge is -2.11. The van der Waals surface area contributed by atoms with Gasteiger partial charge in [-0.05, 0) is 32.4 Å². The monoisotopic (exact) mass is 210 g/mol. The van der Waals surface area contributed by atoms with E-state index in [2.05, 4.69) is 0 Å². The van der Waals surface area contributed by atoms with Gasteiger partial charge >= 0.3 is 5.97 Å². The maximum absolute atomic E-state index is 11.5. The van der Waals surface area contributed by atoms with Crippen molar-refractivity contribution < 1.29 is 19.7 Å². The Morgan fingerprint density at radius 1 is 1.33 bits per heavy atom. The van der Waals surface area contributed by atoms with E-state index in [1.807, 2.05) is 0 Å². The average Bonchev–Trinajstić information content (AvgIpc) is 2.11. The molecule has 4 nitrogen and oxygen atoms in total. The maximum atomic E-state index is 11.5. The van der Waals surface area contributed by atoms with Crippen molar-refractivity contribution in [3.63, 3.8) is 0 Å². The van der Waals surface area contributed by atoms with Gasteiger partial charge < -0.3 is 14.9 Å². The lowest BCUT2D eigenvalue weighted by molar-refractivity contribution is 0.0371. The Morgan fingerprint density at radius 2 is 1.93 bits per heavy atom. The molecule has 0 heterocycles. The standard InChI is InChI=1S/C11H14O4/c1-6(2)15-11(14)9-8(12)5-4-7(3)10(9)13/h4-6,12-13H,1-3H3. The summed E-state index contributed by atoms with van der Waals surface area (Å²) >= 11 is 0. The highest BCUT2D eigenvalue weighted by Crippen LogP contribution is 2.30. The molecule has 0 amide bonds. The highest BCUT2D eigenvalue weighted by molar-refractivity contribution is 5.95. The molecular formula is C11H14O4. The summed E-state index contributed by atoms with van der Waals surface area (Å²) in [5.74, 6) is -1.23. The lowest BCUT2D eigenvalue weighted by atomic mass is 10.1. The maximum Gasteiger partial charge on any atom is 0.346 e. The molecule has 15 heavy (non-hydrogen) atoms. The van der Waals surface area contributed by atoms with E-state index in [9.17, 15) is 15.0 Å². The average molecular weight is 210 g/mol. The van der Waals surface area contributed by atoms with Gasteiger partial charge in [-0.3, -0.25) is 0 Å². The number of phenols is 2. The first-order valence-corrected chi connectivity index (χ1v) is 4.66. The fourth-order valence-electron chi connectivity index (χ4n) is 1.16. The van der Waals surface area contributed by atoms with Gasteiger partial charge in [0.05, 0.1) is 6.10 Å². The van der Waals surface area contributed by atoms with Crippen molar-refractivity contribution >= 4 is 5.97 Å². The van der Waals surface area contributed by atoms with Crippen LogP contribution in [0.3, 0.4) is 0 Å². The molecule has 1 rings (SSSR count). The van der Waals surface area contributed by atoms with Crippen LogP contribution in [0.5, 0.6) is 11.5 Å². The minimum atomic E-state index is -0.719. The second-order valence-electron chi connectivity index (χ2n) is 3.58. The van der Waals surface area contributed by atoms with E-state index < -0.39 is 5.97 Å². The van der Waals surface area contributed by atoms with Gasteiger partial charge in [-0.15, -0.1) is 0 Å². The summed E-state index contributed by atoms with van der Waals surface area (Å²) in [7, 11) is 0. The van der Waals surface area contributed by atoms with Crippen LogP contribution >= 0.6 is 0 Å². The third kappa shape index (κ3) is 2.40. The van der Waals surface area contributed by atoms with Crippen LogP contribution in [0.15, 0.2) is 12.1 Å². The first kappa shape index (κ1) is 11.4. The molecule has 82 valence electrons. The van der Waals surface area contributed by atoms with Crippen LogP contribution in [-0.4, -0.2) is 22.3 Å². The van der Waals surface area contributed by atoms with Crippen LogP contribution in [0.25, 0.3) is 0 Å². The molecular weight excluding hydrogens is 196 g/mol. The molecule has 0 saturated carbocycles. The fraction of sp³-hybridized carbons (Fsp3) is 0.364. The number of hydrogen-bond donors (Lipinski definition) is 2. The summed E-state index contributed by atoms with van der Waals surface area (Å²) in [6.07, 6.45) is -0.295. The van der Waals surface area contributed by atoms with Crippen molar-refractivity contribution in [3.05, 3.63) is 23.3 Å². The Kier molecular flexibility index (Phi) is 3.19. The zero-order valence-corrected chi connectivity index (χ0v) is 8.94. The summed E-state index contributed by atoms with van der Waals surface area (Å²) in [5.41, 5.74) is 0.340. The molecule has 0 aromatic heterocycles. The van der Waals surface area contributed by atoms with Crippen LogP contribution in [0, 0.1) is 6.92 Å². The van der Waals surface area contributed by atoms with Crippen molar-refractivity contribution in [1.82, 2.24) is 0 Å². The molecule has 4 heteroatoms. The third-order valence-corrected chi connectivity index (χ3v) is 1.90. The van der Waals surface area contributed by atoms with Gasteiger partial charge in [0.25, 0.3) is 0 Å². The number of benzene rings is 1. The number of aromatic hydroxyl groups is 2. The van der Waals surface area contributed by atoms with Crippen LogP contribution in [0.2, 0.25) is 0 Å². The van der Waals surface area contributed by atoms with E-state index in [-0.39, 0.29) is 23.2 Å². The van der Waals surface area contributed by atoms with Crippen molar-refractivity contribution in [3.8, 4) is 11.5 Å². The number of carbonyl (C=O) groups excluding carboxylic acids is 1. The minimum Gasteiger partial charge on any atom is -0.507 e. The van der Waals surface area contributed by atoms with E-state index in [4.69, 9.17) is 4.74 Å². The molecule has 0 saturated heterocycles. The van der Waals surface area contributed by atoms with Crippen molar-refractivity contribution in [2.45, 2.75) is 26.9 Å². The molecule has 0 radical (unpaired) electrons. The molecule has 0 aliphatic carbocycles. The van der Waals surface area contributed by atoms with Crippen LogP contribution in [0.4, 0.5) is 0 Å². The molecule has 0 unspecified atom stereocenters. The third-order valence-electron chi connectivity index (χ3n) is 1.90. The van der Waals surface area contributed by atoms with Crippen molar-refractivity contribution in [1.29, 1.82) is 0 Å². The second-order valence-corrected chi connectivity index (χ2v) is 3.58. The van der Waals surface area contributed by atoms with E-state index in [0.717, 1.165) is 0 Å². The first-order chi connectivity index (χ1) is 6.93. The lowest BCUT2D eigenvalue weighted by Crippen LogP contribution is -2.12. The molecule has 0 fully saturated rings. The van der Waals surface area contributed by atoms with Crippen molar-refractivity contribution in [2.24, 2.45) is 0 Å².